The first-order chi connectivity index (χ1) is 29.9. The quantitative estimate of drug-likeness (QED) is 0.183. The van der Waals surface area contributed by atoms with Crippen molar-refractivity contribution in [3.63, 3.8) is 0 Å². The maximum Gasteiger partial charge on any atom is 0.251 e. The first-order valence-corrected chi connectivity index (χ1v) is 22.1. The van der Waals surface area contributed by atoms with Gasteiger partial charge in [0.25, 0.3) is 5.91 Å². The highest BCUT2D eigenvalue weighted by atomic mass is 16.2. The van der Waals surface area contributed by atoms with Gasteiger partial charge in [0.15, 0.2) is 0 Å². The van der Waals surface area contributed by atoms with Crippen LogP contribution in [0.2, 0.25) is 0 Å². The van der Waals surface area contributed by atoms with E-state index < -0.39 is 0 Å². The molecular formula is C53H60N6O3. The average Bonchev–Trinajstić information content (AvgIpc) is 4.11. The highest BCUT2D eigenvalue weighted by molar-refractivity contribution is 6.04. The lowest BCUT2D eigenvalue weighted by molar-refractivity contribution is -0.117. The van der Waals surface area contributed by atoms with E-state index in [0.29, 0.717) is 31.6 Å². The Morgan fingerprint density at radius 1 is 0.677 bits per heavy atom. The number of carbonyl (C=O) groups excluding carboxylic acids is 3. The van der Waals surface area contributed by atoms with Crippen LogP contribution in [-0.4, -0.2) is 53.8 Å². The standard InChI is InChI=1S/C10H10O.2C9H9NO.C9H13N.C8H8N2.C8H11N/c1-7-2-3-8-5-10(11)6-9(8)4-7;1-6-2-3-8-7(4-6)5-10-9(8)11;1-6-2-3-7-5-9(11)10-8(7)4-6;1-7-2-3-8-5-10-6-9(8)4-7;1-6-2-7-4-9-5-8(7)10-3-6;1-6-4-7-2-3-9-8(7)5-6/h2-4H,5-6H2,1H3;2*2-4H,5H2,1H3,(H,10,11);6-7H,2-5H2,1H3;2-4H,5H2,1H3;2,6H,3-5H2,1H3. The Bertz CT molecular complexity index is 2440. The Hall–Kier alpha value is -6.09. The molecule has 62 heavy (non-hydrogen) atoms. The molecule has 2 atom stereocenters. The summed E-state index contributed by atoms with van der Waals surface area (Å²) in [5.74, 6) is 2.26. The number of nitrogens with zero attached hydrogens (tertiary/aromatic N) is 4. The number of hydrogen-bond donors (Lipinski definition) is 2. The van der Waals surface area contributed by atoms with E-state index in [2.05, 4.69) is 87.9 Å². The highest BCUT2D eigenvalue weighted by Gasteiger charge is 2.24. The normalized spacial score (nSPS) is 19.7. The number of aromatic nitrogens is 1. The SMILES string of the molecule is CC1CC2=CCN=C2C1.CC1CCC2=C(C=NC2)C1.Cc1ccc2c(c1)CC(=O)C2.Cc1ccc2c(c1)CNC2=O.Cc1ccc2c(c1)NC(=O)C2.Cc1cnc2c(c1)C=NC2. The largest absolute Gasteiger partial charge is 0.348 e. The van der Waals surface area contributed by atoms with E-state index in [9.17, 15) is 14.4 Å². The molecule has 1 saturated carbocycles. The Kier molecular flexibility index (Phi) is 14.3. The predicted molar refractivity (Wildman–Crippen MR) is 252 cm³/mol. The smallest absolute Gasteiger partial charge is 0.251 e. The third kappa shape index (κ3) is 11.6. The van der Waals surface area contributed by atoms with Gasteiger partial charge in [-0.05, 0) is 140 Å². The number of nitrogens with one attached hydrogen (secondary N) is 2. The van der Waals surface area contributed by atoms with Crippen LogP contribution in [0.4, 0.5) is 5.69 Å². The molecule has 0 spiro atoms. The number of pyridine rings is 1. The molecule has 0 radical (unpaired) electrons. The molecule has 320 valence electrons. The highest BCUT2D eigenvalue weighted by Crippen LogP contribution is 2.31. The van der Waals surface area contributed by atoms with Gasteiger partial charge in [-0.2, -0.15) is 0 Å². The van der Waals surface area contributed by atoms with E-state index in [1.807, 2.05) is 69.6 Å². The summed E-state index contributed by atoms with van der Waals surface area (Å²) in [7, 11) is 0. The Balaban J connectivity index is 0.000000112. The van der Waals surface area contributed by atoms with Crippen molar-refractivity contribution in [2.45, 2.75) is 106 Å². The van der Waals surface area contributed by atoms with Crippen LogP contribution in [0.15, 0.2) is 105 Å². The summed E-state index contributed by atoms with van der Waals surface area (Å²) in [6, 6.07) is 20.3. The number of carbonyl (C=O) groups is 3. The second-order valence-corrected chi connectivity index (χ2v) is 17.9. The van der Waals surface area contributed by atoms with Crippen molar-refractivity contribution >= 4 is 41.4 Å². The molecule has 5 aliphatic heterocycles. The lowest BCUT2D eigenvalue weighted by atomic mass is 9.86. The van der Waals surface area contributed by atoms with Crippen LogP contribution in [0, 0.1) is 39.5 Å². The first-order valence-electron chi connectivity index (χ1n) is 22.1. The van der Waals surface area contributed by atoms with E-state index in [1.165, 1.54) is 82.3 Å². The van der Waals surface area contributed by atoms with Gasteiger partial charge in [-0.1, -0.05) is 73.5 Å². The third-order valence-electron chi connectivity index (χ3n) is 12.2. The first kappa shape index (κ1) is 44.0. The molecule has 6 heterocycles. The summed E-state index contributed by atoms with van der Waals surface area (Å²) in [4.78, 5) is 50.0. The summed E-state index contributed by atoms with van der Waals surface area (Å²) < 4.78 is 0. The number of fused-ring (bicyclic) bond motifs is 5. The monoisotopic (exact) mass is 828 g/mol. The fourth-order valence-corrected chi connectivity index (χ4v) is 8.82. The number of ketones is 1. The Labute approximate surface area is 367 Å². The molecule has 2 unspecified atom stereocenters. The molecule has 12 rings (SSSR count). The number of anilines is 1. The molecule has 3 aliphatic carbocycles. The van der Waals surface area contributed by atoms with Crippen LogP contribution in [0.3, 0.4) is 0 Å². The number of benzene rings is 3. The van der Waals surface area contributed by atoms with Gasteiger partial charge in [0.2, 0.25) is 5.91 Å². The zero-order valence-electron chi connectivity index (χ0n) is 37.2. The Morgan fingerprint density at radius 3 is 2.21 bits per heavy atom. The molecule has 9 heteroatoms. The van der Waals surface area contributed by atoms with Crippen molar-refractivity contribution < 1.29 is 14.4 Å². The predicted octanol–water partition coefficient (Wildman–Crippen LogP) is 9.70. The molecule has 1 aromatic heterocycles. The minimum atomic E-state index is 0.0556. The van der Waals surface area contributed by atoms with Gasteiger partial charge in [-0.15, -0.1) is 0 Å². The molecule has 2 amide bonds. The molecule has 0 saturated heterocycles. The zero-order valence-corrected chi connectivity index (χ0v) is 37.2. The molecule has 3 aromatic carbocycles. The van der Waals surface area contributed by atoms with E-state index >= 15 is 0 Å². The van der Waals surface area contributed by atoms with Crippen LogP contribution >= 0.6 is 0 Å². The maximum atomic E-state index is 11.1. The lowest BCUT2D eigenvalue weighted by Crippen LogP contribution is -2.12. The summed E-state index contributed by atoms with van der Waals surface area (Å²) in [6.07, 6.45) is 16.4. The summed E-state index contributed by atoms with van der Waals surface area (Å²) in [5, 5.41) is 5.57. The Morgan fingerprint density at radius 2 is 1.40 bits per heavy atom. The topological polar surface area (TPSA) is 125 Å². The van der Waals surface area contributed by atoms with Crippen molar-refractivity contribution in [1.82, 2.24) is 10.3 Å². The van der Waals surface area contributed by atoms with Crippen LogP contribution in [0.1, 0.15) is 112 Å². The zero-order chi connectivity index (χ0) is 43.8. The summed E-state index contributed by atoms with van der Waals surface area (Å²) >= 11 is 0. The van der Waals surface area contributed by atoms with Crippen LogP contribution < -0.4 is 10.6 Å². The molecular weight excluding hydrogens is 769 g/mol. The van der Waals surface area contributed by atoms with Gasteiger partial charge < -0.3 is 10.6 Å². The minimum absolute atomic E-state index is 0.0556. The average molecular weight is 829 g/mol. The van der Waals surface area contributed by atoms with Gasteiger partial charge >= 0.3 is 0 Å². The molecule has 4 aromatic rings. The van der Waals surface area contributed by atoms with E-state index in [1.54, 1.807) is 11.1 Å². The van der Waals surface area contributed by atoms with Gasteiger partial charge in [-0.25, -0.2) is 0 Å². The number of aliphatic imine (C=N–C) groups is 3. The van der Waals surface area contributed by atoms with Gasteiger partial charge in [0.1, 0.15) is 5.78 Å². The lowest BCUT2D eigenvalue weighted by Gasteiger charge is -2.18. The van der Waals surface area contributed by atoms with Crippen LogP contribution in [0.25, 0.3) is 0 Å². The summed E-state index contributed by atoms with van der Waals surface area (Å²) in [5.41, 5.74) is 19.7. The van der Waals surface area contributed by atoms with Gasteiger partial charge in [0.05, 0.1) is 31.7 Å². The van der Waals surface area contributed by atoms with Crippen molar-refractivity contribution in [3.05, 3.63) is 151 Å². The van der Waals surface area contributed by atoms with Crippen molar-refractivity contribution in [2.24, 2.45) is 26.8 Å². The maximum absolute atomic E-state index is 11.1. The van der Waals surface area contributed by atoms with E-state index in [0.717, 1.165) is 59.5 Å². The third-order valence-corrected chi connectivity index (χ3v) is 12.2. The minimum Gasteiger partial charge on any atom is -0.348 e. The van der Waals surface area contributed by atoms with Crippen LogP contribution in [0.5, 0.6) is 0 Å². The molecule has 9 nitrogen and oxygen atoms in total. The van der Waals surface area contributed by atoms with Crippen molar-refractivity contribution in [3.8, 4) is 0 Å². The number of hydrogen-bond acceptors (Lipinski definition) is 7. The van der Waals surface area contributed by atoms with Gasteiger partial charge in [0, 0.05) is 60.5 Å². The second-order valence-electron chi connectivity index (χ2n) is 17.9. The summed E-state index contributed by atoms with van der Waals surface area (Å²) in [6.45, 7) is 16.2. The molecule has 1 fully saturated rings. The molecule has 0 bridgehead atoms. The number of amides is 2. The van der Waals surface area contributed by atoms with E-state index in [4.69, 9.17) is 0 Å². The fourth-order valence-electron chi connectivity index (χ4n) is 8.82. The van der Waals surface area contributed by atoms with Crippen molar-refractivity contribution in [2.75, 3.05) is 18.4 Å². The van der Waals surface area contributed by atoms with Gasteiger partial charge in [-0.3, -0.25) is 34.3 Å². The number of Topliss-reactive ketones (excluding diaryl/α,β-unsaturated/α-hetero) is 1. The number of rotatable bonds is 0. The van der Waals surface area contributed by atoms with Crippen LogP contribution in [-0.2, 0) is 41.9 Å². The number of allylic oxidation sites excluding steroid dienone is 2. The molecule has 8 aliphatic rings. The fraction of sp³-hybridized carbons (Fsp3) is 0.377. The van der Waals surface area contributed by atoms with E-state index in [-0.39, 0.29) is 11.8 Å². The number of aryl methyl sites for hydroxylation is 4. The molecule has 2 N–H and O–H groups in total. The van der Waals surface area contributed by atoms with Crippen molar-refractivity contribution in [1.29, 1.82) is 0 Å². The second kappa shape index (κ2) is 20.2.